The summed E-state index contributed by atoms with van der Waals surface area (Å²) in [5, 5.41) is 0.611. The number of ether oxygens (including phenoxy) is 1. The molecule has 1 aliphatic rings. The number of nitrogens with zero attached hydrogens (tertiary/aromatic N) is 1. The van der Waals surface area contributed by atoms with Gasteiger partial charge in [0.15, 0.2) is 0 Å². The molecule has 174 valence electrons. The minimum atomic E-state index is -5.35. The summed E-state index contributed by atoms with van der Waals surface area (Å²) in [6.07, 6.45) is 6.53. The van der Waals surface area contributed by atoms with Gasteiger partial charge < -0.3 is 4.74 Å². The summed E-state index contributed by atoms with van der Waals surface area (Å²) in [5.41, 5.74) is -5.47. The molecule has 3 rings (SSSR count). The molecule has 0 N–H and O–H groups in total. The number of rotatable bonds is 10. The quantitative estimate of drug-likeness (QED) is 0.269. The first kappa shape index (κ1) is 24.1. The van der Waals surface area contributed by atoms with Gasteiger partial charge in [-0.1, -0.05) is 51.2 Å². The Morgan fingerprint density at radius 3 is 2.25 bits per heavy atom. The summed E-state index contributed by atoms with van der Waals surface area (Å²) in [4.78, 5) is 25.5. The van der Waals surface area contributed by atoms with Gasteiger partial charge in [0.25, 0.3) is 11.8 Å². The van der Waals surface area contributed by atoms with E-state index in [0.29, 0.717) is 17.7 Å². The largest absolute Gasteiger partial charge is 0.493 e. The number of hydroxylamine groups is 2. The van der Waals surface area contributed by atoms with Crippen molar-refractivity contribution in [2.75, 3.05) is 6.61 Å². The van der Waals surface area contributed by atoms with E-state index in [1.807, 2.05) is 0 Å². The number of unbranched alkanes of at least 4 members (excludes halogenated alkanes) is 5. The Morgan fingerprint density at radius 2 is 1.59 bits per heavy atom. The molecule has 0 radical (unpaired) electrons. The zero-order valence-corrected chi connectivity index (χ0v) is 18.4. The van der Waals surface area contributed by atoms with Crippen LogP contribution in [0.5, 0.6) is 5.75 Å². The Bertz CT molecular complexity index is 1110. The molecule has 1 aliphatic heterocycles. The summed E-state index contributed by atoms with van der Waals surface area (Å²) < 4.78 is 60.7. The van der Waals surface area contributed by atoms with Crippen LogP contribution in [0.4, 0.5) is 13.2 Å². The zero-order valence-electron chi connectivity index (χ0n) is 17.6. The number of imide groups is 1. The predicted molar refractivity (Wildman–Crippen MR) is 116 cm³/mol. The lowest BCUT2D eigenvalue weighted by Crippen LogP contribution is -2.44. The Balaban J connectivity index is 1.84. The Labute approximate surface area is 184 Å². The third-order valence-electron chi connectivity index (χ3n) is 5.13. The van der Waals surface area contributed by atoms with Gasteiger partial charge in [-0.15, -0.1) is 5.06 Å². The standard InChI is InChI=1S/C22H24F3NO5S/c1-3-4-5-6-7-8-14-30-18-13-12-17-19-15(18)10-9-11-16(19)20(27)26(21(17)28)31-32(2,29)22(23,24)25/h9-13H,2-8,14H2,1H3. The highest BCUT2D eigenvalue weighted by atomic mass is 32.2. The lowest BCUT2D eigenvalue weighted by Gasteiger charge is -2.27. The van der Waals surface area contributed by atoms with Crippen LogP contribution < -0.4 is 4.74 Å². The molecule has 0 bridgehead atoms. The van der Waals surface area contributed by atoms with Gasteiger partial charge >= 0.3 is 5.51 Å². The lowest BCUT2D eigenvalue weighted by molar-refractivity contribution is -0.0685. The number of hydrogen-bond acceptors (Lipinski definition) is 5. The molecule has 1 heterocycles. The number of alkyl halides is 3. The van der Waals surface area contributed by atoms with E-state index in [0.717, 1.165) is 19.3 Å². The molecule has 2 amide bonds. The monoisotopic (exact) mass is 471 g/mol. The second-order valence-corrected chi connectivity index (χ2v) is 9.34. The second-order valence-electron chi connectivity index (χ2n) is 7.50. The van der Waals surface area contributed by atoms with Crippen molar-refractivity contribution in [2.45, 2.75) is 51.0 Å². The molecular formula is C22H24F3NO5S. The van der Waals surface area contributed by atoms with Gasteiger partial charge in [-0.25, -0.2) is 4.21 Å². The Kier molecular flexibility index (Phi) is 7.14. The molecule has 2 aromatic carbocycles. The molecule has 0 aromatic heterocycles. The number of carbonyl (C=O) groups excluding carboxylic acids is 2. The normalized spacial score (nSPS) is 15.8. The molecule has 0 saturated heterocycles. The van der Waals surface area contributed by atoms with E-state index in [2.05, 4.69) is 17.1 Å². The van der Waals surface area contributed by atoms with Gasteiger partial charge in [-0.3, -0.25) is 9.59 Å². The van der Waals surface area contributed by atoms with Crippen molar-refractivity contribution in [1.82, 2.24) is 5.06 Å². The number of benzene rings is 2. The van der Waals surface area contributed by atoms with E-state index >= 15 is 0 Å². The van der Waals surface area contributed by atoms with Crippen LogP contribution in [0, 0.1) is 0 Å². The van der Waals surface area contributed by atoms with Crippen LogP contribution in [0.2, 0.25) is 0 Å². The van der Waals surface area contributed by atoms with Crippen molar-refractivity contribution in [2.24, 2.45) is 0 Å². The van der Waals surface area contributed by atoms with Gasteiger partial charge in [0.2, 0.25) is 9.80 Å². The number of hydrogen-bond donors (Lipinski definition) is 0. The fourth-order valence-corrected chi connectivity index (χ4v) is 3.93. The smallest absolute Gasteiger partial charge is 0.488 e. The Hall–Kier alpha value is -2.59. The SMILES string of the molecule is C=S(=O)(ON1C(=O)c2cccc3c(OCCCCCCCC)ccc(c23)C1=O)C(F)(F)F. The van der Waals surface area contributed by atoms with E-state index in [-0.39, 0.29) is 21.6 Å². The van der Waals surface area contributed by atoms with Gasteiger partial charge in [-0.2, -0.15) is 17.5 Å². The third kappa shape index (κ3) is 4.75. The van der Waals surface area contributed by atoms with Crippen molar-refractivity contribution in [3.8, 4) is 5.75 Å². The van der Waals surface area contributed by atoms with Crippen LogP contribution in [0.3, 0.4) is 0 Å². The summed E-state index contributed by atoms with van der Waals surface area (Å²) in [6, 6.07) is 7.42. The number of carbonyl (C=O) groups is 2. The van der Waals surface area contributed by atoms with Gasteiger partial charge in [0.1, 0.15) is 5.75 Å². The van der Waals surface area contributed by atoms with Crippen LogP contribution in [-0.2, 0) is 14.1 Å². The van der Waals surface area contributed by atoms with Crippen molar-refractivity contribution < 1.29 is 36.0 Å². The number of amides is 2. The minimum absolute atomic E-state index is 0.0560. The number of halogens is 3. The fraction of sp³-hybridized carbons (Fsp3) is 0.409. The molecule has 1 unspecified atom stereocenters. The molecule has 0 saturated carbocycles. The average Bonchev–Trinajstić information content (AvgIpc) is 2.74. The van der Waals surface area contributed by atoms with E-state index in [1.165, 1.54) is 43.5 Å². The summed E-state index contributed by atoms with van der Waals surface area (Å²) >= 11 is 0. The first-order chi connectivity index (χ1) is 15.1. The molecular weight excluding hydrogens is 447 g/mol. The molecule has 0 spiro atoms. The van der Waals surface area contributed by atoms with E-state index < -0.39 is 27.1 Å². The van der Waals surface area contributed by atoms with E-state index in [4.69, 9.17) is 4.74 Å². The van der Waals surface area contributed by atoms with Crippen molar-refractivity contribution in [3.63, 3.8) is 0 Å². The second kappa shape index (κ2) is 9.50. The first-order valence-corrected chi connectivity index (χ1v) is 11.9. The highest BCUT2D eigenvalue weighted by Crippen LogP contribution is 2.37. The molecule has 0 fully saturated rings. The molecule has 0 aliphatic carbocycles. The van der Waals surface area contributed by atoms with Gasteiger partial charge in [0.05, 0.1) is 17.7 Å². The van der Waals surface area contributed by atoms with Gasteiger partial charge in [-0.05, 0) is 30.5 Å². The van der Waals surface area contributed by atoms with Crippen molar-refractivity contribution in [3.05, 3.63) is 41.5 Å². The predicted octanol–water partition coefficient (Wildman–Crippen LogP) is 5.26. The van der Waals surface area contributed by atoms with Crippen LogP contribution >= 0.6 is 0 Å². The topological polar surface area (TPSA) is 72.9 Å². The molecule has 6 nitrogen and oxygen atoms in total. The van der Waals surface area contributed by atoms with Crippen LogP contribution in [0.25, 0.3) is 10.8 Å². The maximum atomic E-state index is 12.9. The zero-order chi connectivity index (χ0) is 23.5. The average molecular weight is 471 g/mol. The molecule has 2 aromatic rings. The van der Waals surface area contributed by atoms with E-state index in [1.54, 1.807) is 6.07 Å². The summed E-state index contributed by atoms with van der Waals surface area (Å²) in [6.45, 7) is 2.60. The van der Waals surface area contributed by atoms with Crippen molar-refractivity contribution in [1.29, 1.82) is 0 Å². The highest BCUT2D eigenvalue weighted by Gasteiger charge is 2.46. The van der Waals surface area contributed by atoms with Crippen LogP contribution in [-0.4, -0.2) is 39.1 Å². The Morgan fingerprint density at radius 1 is 0.969 bits per heavy atom. The minimum Gasteiger partial charge on any atom is -0.493 e. The summed E-state index contributed by atoms with van der Waals surface area (Å²) in [5.74, 6) is 0.664. The summed E-state index contributed by atoms with van der Waals surface area (Å²) in [7, 11) is -5.21. The first-order valence-electron chi connectivity index (χ1n) is 10.3. The van der Waals surface area contributed by atoms with E-state index in [9.17, 15) is 27.0 Å². The third-order valence-corrected chi connectivity index (χ3v) is 6.23. The maximum Gasteiger partial charge on any atom is 0.488 e. The molecule has 10 heteroatoms. The van der Waals surface area contributed by atoms with Gasteiger partial charge in [0, 0.05) is 10.8 Å². The molecule has 32 heavy (non-hydrogen) atoms. The van der Waals surface area contributed by atoms with Crippen LogP contribution in [0.15, 0.2) is 30.3 Å². The van der Waals surface area contributed by atoms with Crippen molar-refractivity contribution >= 4 is 38.3 Å². The fourth-order valence-electron chi connectivity index (χ4n) is 3.47. The molecule has 1 atom stereocenters. The lowest BCUT2D eigenvalue weighted by atomic mass is 9.94. The highest BCUT2D eigenvalue weighted by molar-refractivity contribution is 7.96. The van der Waals surface area contributed by atoms with Crippen LogP contribution in [0.1, 0.15) is 66.2 Å². The maximum absolute atomic E-state index is 12.9.